The molecule has 16 heteroatoms. The van der Waals surface area contributed by atoms with Crippen LogP contribution < -0.4 is 20.1 Å². The van der Waals surface area contributed by atoms with E-state index in [0.717, 1.165) is 38.5 Å². The summed E-state index contributed by atoms with van der Waals surface area (Å²) < 4.78 is 45.4. The van der Waals surface area contributed by atoms with Crippen molar-refractivity contribution in [1.29, 1.82) is 0 Å². The Morgan fingerprint density at radius 3 is 2.54 bits per heavy atom. The van der Waals surface area contributed by atoms with Gasteiger partial charge < -0.3 is 34.7 Å². The zero-order valence-corrected chi connectivity index (χ0v) is 29.9. The number of rotatable bonds is 16. The minimum Gasteiger partial charge on any atom is -0.490 e. The molecule has 2 fully saturated rings. The highest BCUT2D eigenvalue weighted by molar-refractivity contribution is 7.52. The quantitative estimate of drug-likeness (QED) is 0.0935. The first kappa shape index (κ1) is 37.7. The highest BCUT2D eigenvalue weighted by Gasteiger charge is 2.56. The van der Waals surface area contributed by atoms with Gasteiger partial charge in [0.25, 0.3) is 0 Å². The summed E-state index contributed by atoms with van der Waals surface area (Å²) in [6.45, 7) is 5.24. The normalized spacial score (nSPS) is 24.8. The van der Waals surface area contributed by atoms with Crippen LogP contribution >= 0.6 is 7.75 Å². The third-order valence-corrected chi connectivity index (χ3v) is 11.0. The predicted molar refractivity (Wildman–Crippen MR) is 186 cm³/mol. The van der Waals surface area contributed by atoms with Gasteiger partial charge in [-0.15, -0.1) is 0 Å². The molecule has 0 bridgehead atoms. The van der Waals surface area contributed by atoms with Gasteiger partial charge in [-0.1, -0.05) is 33.1 Å². The van der Waals surface area contributed by atoms with Gasteiger partial charge in [0.05, 0.1) is 25.0 Å². The van der Waals surface area contributed by atoms with E-state index >= 15 is 0 Å². The molecule has 1 unspecified atom stereocenters. The molecule has 50 heavy (non-hydrogen) atoms. The SMILES string of the molecule is CCC(CC)COC(=O)[C@H](C)NP(=O)(OC[C@H]1O[C@@](C=NC)(c2ccc3c(N)ncnn23)[C@H](O)[C@@H]1O)Oc1ccc(OC2CCCCC2)cc1. The molecule has 5 rings (SSSR count). The summed E-state index contributed by atoms with van der Waals surface area (Å²) in [5.74, 6) is 0.605. The number of nitrogens with one attached hydrogen (secondary N) is 1. The summed E-state index contributed by atoms with van der Waals surface area (Å²) in [7, 11) is -2.87. The van der Waals surface area contributed by atoms with Crippen molar-refractivity contribution in [3.8, 4) is 11.5 Å². The fourth-order valence-electron chi connectivity index (χ4n) is 6.30. The number of benzene rings is 1. The van der Waals surface area contributed by atoms with E-state index in [9.17, 15) is 19.6 Å². The second kappa shape index (κ2) is 16.6. The molecule has 1 aliphatic heterocycles. The lowest BCUT2D eigenvalue weighted by Gasteiger charge is -2.28. The molecule has 0 amide bonds. The molecule has 15 nitrogen and oxygen atoms in total. The van der Waals surface area contributed by atoms with Gasteiger partial charge in [0.1, 0.15) is 47.7 Å². The number of nitrogens with zero attached hydrogens (tertiary/aromatic N) is 4. The fourth-order valence-corrected chi connectivity index (χ4v) is 7.80. The Balaban J connectivity index is 1.35. The molecule has 2 aromatic heterocycles. The summed E-state index contributed by atoms with van der Waals surface area (Å²) in [6, 6.07) is 8.84. The smallest absolute Gasteiger partial charge is 0.459 e. The number of nitrogens with two attached hydrogens (primary N) is 1. The molecule has 1 saturated carbocycles. The summed E-state index contributed by atoms with van der Waals surface area (Å²) in [6.07, 6.45) is 5.60. The molecule has 5 N–H and O–H groups in total. The number of carbonyl (C=O) groups excluding carboxylic acids is 1. The molecule has 1 aliphatic carbocycles. The number of aliphatic hydroxyl groups excluding tert-OH is 2. The number of anilines is 1. The van der Waals surface area contributed by atoms with E-state index in [4.69, 9.17) is 29.0 Å². The monoisotopic (exact) mass is 716 g/mol. The van der Waals surface area contributed by atoms with Crippen molar-refractivity contribution in [2.45, 2.75) is 102 Å². The van der Waals surface area contributed by atoms with Gasteiger partial charge in [-0.3, -0.25) is 14.3 Å². The number of aromatic nitrogens is 3. The minimum atomic E-state index is -4.36. The summed E-state index contributed by atoms with van der Waals surface area (Å²) in [5.41, 5.74) is 5.12. The average Bonchev–Trinajstić information content (AvgIpc) is 3.66. The number of nitrogen functional groups attached to an aromatic ring is 1. The Morgan fingerprint density at radius 2 is 1.86 bits per heavy atom. The predicted octanol–water partition coefficient (Wildman–Crippen LogP) is 4.20. The Labute approximate surface area is 292 Å². The molecular weight excluding hydrogens is 667 g/mol. The molecule has 3 heterocycles. The Hall–Kier alpha value is -3.59. The molecule has 274 valence electrons. The van der Waals surface area contributed by atoms with Crippen molar-refractivity contribution in [2.75, 3.05) is 26.0 Å². The van der Waals surface area contributed by atoms with E-state index in [1.54, 1.807) is 36.4 Å². The second-order valence-corrected chi connectivity index (χ2v) is 14.5. The van der Waals surface area contributed by atoms with Gasteiger partial charge in [0.2, 0.25) is 0 Å². The standard InChI is InChI=1S/C34H49N6O9P/c1-5-23(6-2)18-45-33(43)22(3)39-50(44,49-26-14-12-25(13-15-26)47-24-10-8-7-9-11-24)46-19-28-30(41)31(42)34(48-28,20-36-4)29-17-16-27-32(35)37-21-38-40(27)29/h12-17,20-24,28,30-31,41-42H,5-11,18-19H2,1-4H3,(H,39,44)(H2,35,37,38)/t22-,28+,30+,31+,34-,50?/m0/s1. The van der Waals surface area contributed by atoms with Crippen LogP contribution in [0.3, 0.4) is 0 Å². The van der Waals surface area contributed by atoms with Crippen LogP contribution in [0.2, 0.25) is 0 Å². The Kier molecular flexibility index (Phi) is 12.5. The van der Waals surface area contributed by atoms with Crippen molar-refractivity contribution >= 4 is 31.3 Å². The van der Waals surface area contributed by atoms with E-state index < -0.39 is 50.3 Å². The van der Waals surface area contributed by atoms with E-state index in [0.29, 0.717) is 17.0 Å². The lowest BCUT2D eigenvalue weighted by molar-refractivity contribution is -0.146. The second-order valence-electron chi connectivity index (χ2n) is 12.8. The van der Waals surface area contributed by atoms with E-state index in [1.165, 1.54) is 37.4 Å². The van der Waals surface area contributed by atoms with Crippen molar-refractivity contribution in [1.82, 2.24) is 19.7 Å². The van der Waals surface area contributed by atoms with Crippen LogP contribution in [0.5, 0.6) is 11.5 Å². The molecule has 6 atom stereocenters. The average molecular weight is 717 g/mol. The third-order valence-electron chi connectivity index (χ3n) is 9.33. The van der Waals surface area contributed by atoms with E-state index in [1.807, 2.05) is 13.8 Å². The van der Waals surface area contributed by atoms with Crippen LogP contribution in [0.4, 0.5) is 5.82 Å². The largest absolute Gasteiger partial charge is 0.490 e. The number of aliphatic hydroxyl groups is 2. The maximum Gasteiger partial charge on any atom is 0.459 e. The Morgan fingerprint density at radius 1 is 1.16 bits per heavy atom. The van der Waals surface area contributed by atoms with Crippen molar-refractivity contribution in [3.05, 3.63) is 48.4 Å². The Bertz CT molecular complexity index is 1650. The first-order chi connectivity index (χ1) is 24.0. The maximum atomic E-state index is 14.4. The van der Waals surface area contributed by atoms with Crippen LogP contribution in [0, 0.1) is 5.92 Å². The van der Waals surface area contributed by atoms with Gasteiger partial charge in [-0.05, 0) is 74.9 Å². The first-order valence-electron chi connectivity index (χ1n) is 17.2. The number of hydrogen-bond donors (Lipinski definition) is 4. The minimum absolute atomic E-state index is 0.145. The summed E-state index contributed by atoms with van der Waals surface area (Å²) in [4.78, 5) is 21.1. The lowest BCUT2D eigenvalue weighted by Crippen LogP contribution is -2.43. The highest BCUT2D eigenvalue weighted by Crippen LogP contribution is 2.47. The number of carbonyl (C=O) groups is 1. The van der Waals surface area contributed by atoms with E-state index in [2.05, 4.69) is 20.2 Å². The number of fused-ring (bicyclic) bond motifs is 1. The molecule has 0 spiro atoms. The van der Waals surface area contributed by atoms with Crippen molar-refractivity contribution in [2.24, 2.45) is 10.9 Å². The van der Waals surface area contributed by atoms with Gasteiger partial charge in [0.15, 0.2) is 11.4 Å². The van der Waals surface area contributed by atoms with Crippen molar-refractivity contribution < 1.29 is 42.8 Å². The first-order valence-corrected chi connectivity index (χ1v) is 18.8. The lowest BCUT2D eigenvalue weighted by atomic mass is 9.92. The number of esters is 1. The topological polar surface area (TPSA) is 201 Å². The van der Waals surface area contributed by atoms with Gasteiger partial charge in [-0.2, -0.15) is 10.2 Å². The van der Waals surface area contributed by atoms with Crippen LogP contribution in [0.15, 0.2) is 47.7 Å². The molecule has 0 radical (unpaired) electrons. The van der Waals surface area contributed by atoms with Crippen LogP contribution in [0.1, 0.15) is 71.4 Å². The van der Waals surface area contributed by atoms with Gasteiger partial charge >= 0.3 is 13.7 Å². The number of hydrogen-bond acceptors (Lipinski definition) is 13. The van der Waals surface area contributed by atoms with Gasteiger partial charge in [-0.25, -0.2) is 14.1 Å². The molecule has 1 aromatic carbocycles. The zero-order chi connectivity index (χ0) is 35.9. The molecule has 2 aliphatic rings. The molecular formula is C34H49N6O9P. The van der Waals surface area contributed by atoms with Crippen LogP contribution in [-0.2, 0) is 29.0 Å². The number of aliphatic imine (C=N–C) groups is 1. The van der Waals surface area contributed by atoms with Crippen LogP contribution in [-0.4, -0.2) is 87.7 Å². The van der Waals surface area contributed by atoms with Crippen LogP contribution in [0.25, 0.3) is 5.52 Å². The zero-order valence-electron chi connectivity index (χ0n) is 29.0. The third kappa shape index (κ3) is 8.47. The molecule has 3 aromatic rings. The van der Waals surface area contributed by atoms with Gasteiger partial charge in [0, 0.05) is 13.3 Å². The highest BCUT2D eigenvalue weighted by atomic mass is 31.2. The van der Waals surface area contributed by atoms with Crippen molar-refractivity contribution in [3.63, 3.8) is 0 Å². The fraction of sp³-hybridized carbons (Fsp3) is 0.588. The summed E-state index contributed by atoms with van der Waals surface area (Å²) >= 11 is 0. The maximum absolute atomic E-state index is 14.4. The number of ether oxygens (including phenoxy) is 3. The summed E-state index contributed by atoms with van der Waals surface area (Å²) in [5, 5.41) is 29.5. The molecule has 1 saturated heterocycles. The van der Waals surface area contributed by atoms with E-state index in [-0.39, 0.29) is 30.2 Å².